The molecule has 4 heteroatoms. The van der Waals surface area contributed by atoms with Crippen molar-refractivity contribution in [1.82, 2.24) is 0 Å². The molecule has 0 heterocycles. The SMILES string of the molecule is Cc1ccc(N(c2ccc(C)cc2)c2ccc(OCCc3ccc(OC(O)C(C)C)cc3)cc2)cc1. The van der Waals surface area contributed by atoms with Gasteiger partial charge in [0, 0.05) is 29.4 Å². The average molecular weight is 482 g/mol. The maximum Gasteiger partial charge on any atom is 0.199 e. The molecule has 4 nitrogen and oxygen atoms in total. The minimum Gasteiger partial charge on any atom is -0.493 e. The van der Waals surface area contributed by atoms with E-state index in [2.05, 4.69) is 79.4 Å². The number of hydrogen-bond acceptors (Lipinski definition) is 4. The van der Waals surface area contributed by atoms with E-state index < -0.39 is 6.29 Å². The van der Waals surface area contributed by atoms with Gasteiger partial charge >= 0.3 is 0 Å². The van der Waals surface area contributed by atoms with Crippen LogP contribution in [-0.2, 0) is 6.42 Å². The van der Waals surface area contributed by atoms with Gasteiger partial charge in [-0.25, -0.2) is 0 Å². The van der Waals surface area contributed by atoms with Gasteiger partial charge in [-0.2, -0.15) is 0 Å². The summed E-state index contributed by atoms with van der Waals surface area (Å²) < 4.78 is 11.6. The molecule has 0 aliphatic carbocycles. The highest BCUT2D eigenvalue weighted by Gasteiger charge is 2.13. The number of aliphatic hydroxyl groups excluding tert-OH is 1. The third-order valence-corrected chi connectivity index (χ3v) is 6.09. The van der Waals surface area contributed by atoms with Crippen LogP contribution in [0, 0.1) is 19.8 Å². The summed E-state index contributed by atoms with van der Waals surface area (Å²) in [5.41, 5.74) is 6.94. The molecule has 0 radical (unpaired) electrons. The highest BCUT2D eigenvalue weighted by atomic mass is 16.6. The first-order chi connectivity index (χ1) is 17.4. The summed E-state index contributed by atoms with van der Waals surface area (Å²) in [7, 11) is 0. The molecule has 0 aliphatic heterocycles. The highest BCUT2D eigenvalue weighted by Crippen LogP contribution is 2.35. The topological polar surface area (TPSA) is 41.9 Å². The summed E-state index contributed by atoms with van der Waals surface area (Å²) in [6.07, 6.45) is -0.0109. The standard InChI is InChI=1S/C32H35NO3/c1-23(2)32(34)36-31-17-9-26(10-18-31)21-22-35-30-19-15-29(16-20-30)33(27-11-5-24(3)6-12-27)28-13-7-25(4)8-14-28/h5-20,23,32,34H,21-22H2,1-4H3. The second-order valence-corrected chi connectivity index (χ2v) is 9.50. The van der Waals surface area contributed by atoms with Gasteiger partial charge < -0.3 is 19.5 Å². The number of aryl methyl sites for hydroxylation is 2. The maximum absolute atomic E-state index is 9.88. The smallest absolute Gasteiger partial charge is 0.199 e. The van der Waals surface area contributed by atoms with Crippen molar-refractivity contribution in [3.8, 4) is 11.5 Å². The fraction of sp³-hybridized carbons (Fsp3) is 0.250. The lowest BCUT2D eigenvalue weighted by molar-refractivity contribution is -0.0515. The molecule has 0 amide bonds. The first-order valence-electron chi connectivity index (χ1n) is 12.5. The van der Waals surface area contributed by atoms with E-state index in [9.17, 15) is 5.11 Å². The van der Waals surface area contributed by atoms with Crippen molar-refractivity contribution in [2.45, 2.75) is 40.4 Å². The third kappa shape index (κ3) is 6.67. The average Bonchev–Trinajstić information content (AvgIpc) is 2.88. The van der Waals surface area contributed by atoms with Crippen LogP contribution in [0.15, 0.2) is 97.1 Å². The monoisotopic (exact) mass is 481 g/mol. The normalized spacial score (nSPS) is 11.8. The quantitative estimate of drug-likeness (QED) is 0.235. The summed E-state index contributed by atoms with van der Waals surface area (Å²) in [6.45, 7) is 8.63. The van der Waals surface area contributed by atoms with Crippen molar-refractivity contribution in [2.75, 3.05) is 11.5 Å². The van der Waals surface area contributed by atoms with Gasteiger partial charge in [0.05, 0.1) is 6.61 Å². The Morgan fingerprint density at radius 3 is 1.56 bits per heavy atom. The Kier molecular flexibility index (Phi) is 8.29. The molecule has 4 rings (SSSR count). The maximum atomic E-state index is 9.88. The minimum absolute atomic E-state index is 0.0466. The van der Waals surface area contributed by atoms with Crippen LogP contribution in [0.5, 0.6) is 11.5 Å². The van der Waals surface area contributed by atoms with Gasteiger partial charge in [0.2, 0.25) is 0 Å². The van der Waals surface area contributed by atoms with E-state index in [1.54, 1.807) is 0 Å². The van der Waals surface area contributed by atoms with Crippen LogP contribution >= 0.6 is 0 Å². The first-order valence-corrected chi connectivity index (χ1v) is 12.5. The van der Waals surface area contributed by atoms with Gasteiger partial charge in [-0.3, -0.25) is 0 Å². The zero-order valence-corrected chi connectivity index (χ0v) is 21.5. The van der Waals surface area contributed by atoms with Gasteiger partial charge in [0.1, 0.15) is 11.5 Å². The van der Waals surface area contributed by atoms with Crippen LogP contribution < -0.4 is 14.4 Å². The summed E-state index contributed by atoms with van der Waals surface area (Å²) in [4.78, 5) is 2.25. The van der Waals surface area contributed by atoms with E-state index in [-0.39, 0.29) is 5.92 Å². The van der Waals surface area contributed by atoms with Gasteiger partial charge in [-0.15, -0.1) is 0 Å². The van der Waals surface area contributed by atoms with Gasteiger partial charge in [0.15, 0.2) is 6.29 Å². The van der Waals surface area contributed by atoms with Gasteiger partial charge in [0.25, 0.3) is 0 Å². The Morgan fingerprint density at radius 1 is 0.639 bits per heavy atom. The van der Waals surface area contributed by atoms with Crippen LogP contribution in [-0.4, -0.2) is 18.0 Å². The van der Waals surface area contributed by atoms with Crippen LogP contribution in [0.4, 0.5) is 17.1 Å². The Labute approximate surface area is 214 Å². The molecule has 0 saturated carbocycles. The molecule has 4 aromatic carbocycles. The summed E-state index contributed by atoms with van der Waals surface area (Å²) in [6, 6.07) is 33.2. The number of aliphatic hydroxyl groups is 1. The van der Waals surface area contributed by atoms with Gasteiger partial charge in [-0.1, -0.05) is 61.4 Å². The molecule has 1 atom stereocenters. The predicted octanol–water partition coefficient (Wildman–Crippen LogP) is 7.75. The Hall–Kier alpha value is -3.76. The molecule has 0 aliphatic rings. The molecule has 0 bridgehead atoms. The Bertz CT molecular complexity index is 1170. The highest BCUT2D eigenvalue weighted by molar-refractivity contribution is 5.76. The van der Waals surface area contributed by atoms with Crippen molar-refractivity contribution < 1.29 is 14.6 Å². The molecule has 0 aromatic heterocycles. The van der Waals surface area contributed by atoms with Crippen LogP contribution in [0.1, 0.15) is 30.5 Å². The van der Waals surface area contributed by atoms with Crippen LogP contribution in [0.3, 0.4) is 0 Å². The lowest BCUT2D eigenvalue weighted by Crippen LogP contribution is -2.21. The van der Waals surface area contributed by atoms with E-state index >= 15 is 0 Å². The molecule has 1 unspecified atom stereocenters. The van der Waals surface area contributed by atoms with Crippen LogP contribution in [0.25, 0.3) is 0 Å². The van der Waals surface area contributed by atoms with Crippen molar-refractivity contribution in [2.24, 2.45) is 5.92 Å². The Balaban J connectivity index is 1.40. The van der Waals surface area contributed by atoms with E-state index in [0.717, 1.165) is 34.8 Å². The molecular formula is C32H35NO3. The first kappa shape index (κ1) is 25.3. The van der Waals surface area contributed by atoms with E-state index in [0.29, 0.717) is 12.4 Å². The molecule has 0 saturated heterocycles. The molecule has 0 fully saturated rings. The molecule has 0 spiro atoms. The molecule has 36 heavy (non-hydrogen) atoms. The van der Waals surface area contributed by atoms with E-state index in [1.807, 2.05) is 50.2 Å². The number of rotatable bonds is 10. The Morgan fingerprint density at radius 2 is 1.08 bits per heavy atom. The fourth-order valence-corrected chi connectivity index (χ4v) is 3.82. The molecular weight excluding hydrogens is 446 g/mol. The van der Waals surface area contributed by atoms with Crippen molar-refractivity contribution in [3.63, 3.8) is 0 Å². The second-order valence-electron chi connectivity index (χ2n) is 9.50. The number of nitrogens with zero attached hydrogens (tertiary/aromatic N) is 1. The number of ether oxygens (including phenoxy) is 2. The summed E-state index contributed by atoms with van der Waals surface area (Å²) in [5, 5.41) is 9.88. The zero-order chi connectivity index (χ0) is 25.5. The number of anilines is 3. The third-order valence-electron chi connectivity index (χ3n) is 6.09. The zero-order valence-electron chi connectivity index (χ0n) is 21.5. The predicted molar refractivity (Wildman–Crippen MR) is 148 cm³/mol. The van der Waals surface area contributed by atoms with Gasteiger partial charge in [-0.05, 0) is 80.1 Å². The van der Waals surface area contributed by atoms with Crippen molar-refractivity contribution >= 4 is 17.1 Å². The van der Waals surface area contributed by atoms with Crippen molar-refractivity contribution in [1.29, 1.82) is 0 Å². The number of benzene rings is 4. The van der Waals surface area contributed by atoms with E-state index in [1.165, 1.54) is 11.1 Å². The molecule has 186 valence electrons. The second kappa shape index (κ2) is 11.8. The van der Waals surface area contributed by atoms with Crippen molar-refractivity contribution in [3.05, 3.63) is 114 Å². The lowest BCUT2D eigenvalue weighted by Gasteiger charge is -2.26. The lowest BCUT2D eigenvalue weighted by atomic mass is 10.1. The largest absolute Gasteiger partial charge is 0.493 e. The minimum atomic E-state index is -0.796. The summed E-state index contributed by atoms with van der Waals surface area (Å²) >= 11 is 0. The molecule has 4 aromatic rings. The van der Waals surface area contributed by atoms with E-state index in [4.69, 9.17) is 9.47 Å². The number of hydrogen-bond donors (Lipinski definition) is 1. The van der Waals surface area contributed by atoms with Crippen LogP contribution in [0.2, 0.25) is 0 Å². The fourth-order valence-electron chi connectivity index (χ4n) is 3.82. The molecule has 1 N–H and O–H groups in total. The summed E-state index contributed by atoms with van der Waals surface area (Å²) in [5.74, 6) is 1.56.